The largest absolute Gasteiger partial charge is 0.342 e. The van der Waals surface area contributed by atoms with Crippen LogP contribution in [0, 0.1) is 0 Å². The number of carbonyl (C=O) groups is 2. The Morgan fingerprint density at radius 3 is 2.80 bits per heavy atom. The molecule has 1 aliphatic rings. The average Bonchev–Trinajstić information content (AvgIpc) is 3.13. The van der Waals surface area contributed by atoms with E-state index in [9.17, 15) is 9.59 Å². The van der Waals surface area contributed by atoms with Gasteiger partial charge in [0.15, 0.2) is 0 Å². The molecule has 4 rings (SSSR count). The van der Waals surface area contributed by atoms with E-state index in [1.165, 1.54) is 12.6 Å². The molecule has 1 aromatic carbocycles. The quantitative estimate of drug-likeness (QED) is 0.706. The van der Waals surface area contributed by atoms with Crippen LogP contribution in [0.1, 0.15) is 55.3 Å². The molecule has 1 aliphatic heterocycles. The van der Waals surface area contributed by atoms with Crippen molar-refractivity contribution in [2.45, 2.75) is 51.7 Å². The average molecular weight is 406 g/mol. The first-order valence-corrected chi connectivity index (χ1v) is 10.5. The van der Waals surface area contributed by atoms with Gasteiger partial charge in [-0.2, -0.15) is 0 Å². The smallest absolute Gasteiger partial charge is 0.253 e. The Morgan fingerprint density at radius 1 is 1.20 bits per heavy atom. The number of nitrogens with zero attached hydrogens (tertiary/aromatic N) is 4. The molecule has 3 heterocycles. The molecule has 0 bridgehead atoms. The molecular formula is C23H27N5O2. The number of imidazole rings is 1. The summed E-state index contributed by atoms with van der Waals surface area (Å²) in [4.78, 5) is 36.4. The Morgan fingerprint density at radius 2 is 2.03 bits per heavy atom. The highest BCUT2D eigenvalue weighted by atomic mass is 16.2. The zero-order chi connectivity index (χ0) is 21.1. The molecule has 0 spiro atoms. The molecule has 0 radical (unpaired) electrons. The molecule has 2 aromatic heterocycles. The first kappa shape index (κ1) is 20.1. The summed E-state index contributed by atoms with van der Waals surface area (Å²) < 4.78 is 1.94. The number of hydrogen-bond acceptors (Lipinski definition) is 4. The molecule has 2 atom stereocenters. The number of carbonyl (C=O) groups excluding carboxylic acids is 2. The predicted octanol–water partition coefficient (Wildman–Crippen LogP) is 3.32. The number of likely N-dealkylation sites (tertiary alicyclic amines) is 1. The van der Waals surface area contributed by atoms with Crippen LogP contribution in [0.4, 0.5) is 0 Å². The van der Waals surface area contributed by atoms with Crippen molar-refractivity contribution in [2.75, 3.05) is 6.54 Å². The molecule has 3 aromatic rings. The number of fused-ring (bicyclic) bond motifs is 1. The monoisotopic (exact) mass is 405 g/mol. The van der Waals surface area contributed by atoms with Gasteiger partial charge < -0.3 is 14.8 Å². The maximum atomic E-state index is 13.1. The summed E-state index contributed by atoms with van der Waals surface area (Å²) in [6, 6.07) is 11.1. The molecule has 156 valence electrons. The summed E-state index contributed by atoms with van der Waals surface area (Å²) in [5.74, 6) is 0.550. The fourth-order valence-electron chi connectivity index (χ4n) is 4.13. The number of amides is 2. The SMILES string of the molecule is CC(NC(=O)c1cccnc1)c1nc2ccccc2n1CC(=O)N1CCCCC1C. The number of nitrogens with one attached hydrogen (secondary N) is 1. The van der Waals surface area contributed by atoms with Crippen LogP contribution in [0.3, 0.4) is 0 Å². The zero-order valence-corrected chi connectivity index (χ0v) is 17.4. The molecule has 0 aliphatic carbocycles. The lowest BCUT2D eigenvalue weighted by Gasteiger charge is -2.33. The van der Waals surface area contributed by atoms with Crippen LogP contribution in [0.2, 0.25) is 0 Å². The Kier molecular flexibility index (Phi) is 5.79. The third-order valence-electron chi connectivity index (χ3n) is 5.76. The second-order valence-corrected chi connectivity index (χ2v) is 7.91. The van der Waals surface area contributed by atoms with Crippen molar-refractivity contribution in [3.63, 3.8) is 0 Å². The Bertz CT molecular complexity index is 1050. The van der Waals surface area contributed by atoms with Gasteiger partial charge in [-0.3, -0.25) is 14.6 Å². The van der Waals surface area contributed by atoms with Crippen LogP contribution in [0.5, 0.6) is 0 Å². The minimum atomic E-state index is -0.364. The second-order valence-electron chi connectivity index (χ2n) is 7.91. The van der Waals surface area contributed by atoms with Gasteiger partial charge in [-0.15, -0.1) is 0 Å². The van der Waals surface area contributed by atoms with Gasteiger partial charge in [0.05, 0.1) is 22.6 Å². The lowest BCUT2D eigenvalue weighted by atomic mass is 10.0. The fraction of sp³-hybridized carbons (Fsp3) is 0.391. The van der Waals surface area contributed by atoms with E-state index in [0.29, 0.717) is 11.4 Å². The molecule has 1 saturated heterocycles. The Balaban J connectivity index is 1.61. The van der Waals surface area contributed by atoms with Gasteiger partial charge in [-0.25, -0.2) is 4.98 Å². The van der Waals surface area contributed by atoms with Gasteiger partial charge in [-0.05, 0) is 57.4 Å². The van der Waals surface area contributed by atoms with Crippen molar-refractivity contribution >= 4 is 22.8 Å². The van der Waals surface area contributed by atoms with Crippen LogP contribution in [-0.4, -0.2) is 43.8 Å². The van der Waals surface area contributed by atoms with Gasteiger partial charge in [0, 0.05) is 25.0 Å². The van der Waals surface area contributed by atoms with Crippen molar-refractivity contribution in [2.24, 2.45) is 0 Å². The molecule has 7 nitrogen and oxygen atoms in total. The fourth-order valence-corrected chi connectivity index (χ4v) is 4.13. The maximum absolute atomic E-state index is 13.1. The highest BCUT2D eigenvalue weighted by Gasteiger charge is 2.26. The maximum Gasteiger partial charge on any atom is 0.253 e. The van der Waals surface area contributed by atoms with Gasteiger partial charge in [-0.1, -0.05) is 12.1 Å². The molecular weight excluding hydrogens is 378 g/mol. The number of aromatic nitrogens is 3. The summed E-state index contributed by atoms with van der Waals surface area (Å²) in [7, 11) is 0. The van der Waals surface area contributed by atoms with E-state index in [0.717, 1.165) is 30.4 Å². The van der Waals surface area contributed by atoms with E-state index in [1.54, 1.807) is 18.3 Å². The number of rotatable bonds is 5. The summed E-state index contributed by atoms with van der Waals surface area (Å²) >= 11 is 0. The third kappa shape index (κ3) is 4.06. The van der Waals surface area contributed by atoms with Crippen molar-refractivity contribution < 1.29 is 9.59 Å². The van der Waals surface area contributed by atoms with E-state index < -0.39 is 0 Å². The lowest BCUT2D eigenvalue weighted by Crippen LogP contribution is -2.44. The van der Waals surface area contributed by atoms with Gasteiger partial charge in [0.1, 0.15) is 12.4 Å². The van der Waals surface area contributed by atoms with Crippen LogP contribution in [0.15, 0.2) is 48.8 Å². The normalized spacial score (nSPS) is 17.7. The molecule has 0 saturated carbocycles. The van der Waals surface area contributed by atoms with Gasteiger partial charge >= 0.3 is 0 Å². The summed E-state index contributed by atoms with van der Waals surface area (Å²) in [6.45, 7) is 5.02. The molecule has 7 heteroatoms. The van der Waals surface area contributed by atoms with Crippen molar-refractivity contribution in [1.82, 2.24) is 24.8 Å². The van der Waals surface area contributed by atoms with Crippen LogP contribution < -0.4 is 5.32 Å². The molecule has 2 unspecified atom stereocenters. The van der Waals surface area contributed by atoms with Crippen LogP contribution >= 0.6 is 0 Å². The molecule has 2 amide bonds. The number of para-hydroxylation sites is 2. The summed E-state index contributed by atoms with van der Waals surface area (Å²) in [5, 5.41) is 2.99. The number of benzene rings is 1. The van der Waals surface area contributed by atoms with E-state index in [4.69, 9.17) is 4.98 Å². The minimum absolute atomic E-state index is 0.0948. The standard InChI is InChI=1S/C23H27N5O2/c1-16-8-5-6-13-27(16)21(29)15-28-20-11-4-3-10-19(20)26-22(28)17(2)25-23(30)18-9-7-12-24-14-18/h3-4,7,9-12,14,16-17H,5-6,8,13,15H2,1-2H3,(H,25,30). The third-order valence-corrected chi connectivity index (χ3v) is 5.76. The number of hydrogen-bond donors (Lipinski definition) is 1. The van der Waals surface area contributed by atoms with Crippen LogP contribution in [0.25, 0.3) is 11.0 Å². The van der Waals surface area contributed by atoms with Crippen molar-refractivity contribution in [3.8, 4) is 0 Å². The summed E-state index contributed by atoms with van der Waals surface area (Å²) in [5.41, 5.74) is 2.20. The highest BCUT2D eigenvalue weighted by Crippen LogP contribution is 2.23. The van der Waals surface area contributed by atoms with Gasteiger partial charge in [0.25, 0.3) is 5.91 Å². The van der Waals surface area contributed by atoms with Crippen molar-refractivity contribution in [1.29, 1.82) is 0 Å². The second kappa shape index (κ2) is 8.65. The Hall–Kier alpha value is -3.22. The minimum Gasteiger partial charge on any atom is -0.342 e. The zero-order valence-electron chi connectivity index (χ0n) is 17.4. The van der Waals surface area contributed by atoms with E-state index in [1.807, 2.05) is 40.7 Å². The highest BCUT2D eigenvalue weighted by molar-refractivity contribution is 5.94. The number of pyridine rings is 1. The first-order chi connectivity index (χ1) is 14.5. The topological polar surface area (TPSA) is 80.1 Å². The first-order valence-electron chi connectivity index (χ1n) is 10.5. The van der Waals surface area contributed by atoms with Crippen molar-refractivity contribution in [3.05, 3.63) is 60.2 Å². The van der Waals surface area contributed by atoms with E-state index >= 15 is 0 Å². The van der Waals surface area contributed by atoms with E-state index in [2.05, 4.69) is 17.2 Å². The molecule has 1 fully saturated rings. The number of piperidine rings is 1. The van der Waals surface area contributed by atoms with E-state index in [-0.39, 0.29) is 30.4 Å². The predicted molar refractivity (Wildman–Crippen MR) is 115 cm³/mol. The van der Waals surface area contributed by atoms with Gasteiger partial charge in [0.2, 0.25) is 5.91 Å². The summed E-state index contributed by atoms with van der Waals surface area (Å²) in [6.07, 6.45) is 6.42. The lowest BCUT2D eigenvalue weighted by molar-refractivity contribution is -0.135. The molecule has 1 N–H and O–H groups in total. The molecule has 30 heavy (non-hydrogen) atoms. The van der Waals surface area contributed by atoms with Crippen LogP contribution in [-0.2, 0) is 11.3 Å². The Labute approximate surface area is 176 Å².